The Morgan fingerprint density at radius 1 is 1.60 bits per heavy atom. The van der Waals surface area contributed by atoms with Crippen LogP contribution in [0.1, 0.15) is 25.8 Å². The predicted octanol–water partition coefficient (Wildman–Crippen LogP) is 1.39. The average Bonchev–Trinajstić information content (AvgIpc) is 2.47. The summed E-state index contributed by atoms with van der Waals surface area (Å²) in [7, 11) is 0. The monoisotopic (exact) mass is 205 g/mol. The third-order valence-corrected chi connectivity index (χ3v) is 3.53. The highest BCUT2D eigenvalue weighted by Gasteiger charge is 2.38. The molecule has 1 unspecified atom stereocenters. The number of hydrogen-bond donors (Lipinski definition) is 1. The van der Waals surface area contributed by atoms with Gasteiger partial charge in [0.05, 0.1) is 0 Å². The van der Waals surface area contributed by atoms with Crippen molar-refractivity contribution in [3.63, 3.8) is 0 Å². The molecule has 2 rings (SSSR count). The molecule has 0 amide bonds. The van der Waals surface area contributed by atoms with Crippen LogP contribution in [0.4, 0.5) is 0 Å². The zero-order valence-corrected chi connectivity index (χ0v) is 9.48. The number of nitrogens with two attached hydrogens (primary N) is 1. The van der Waals surface area contributed by atoms with Gasteiger partial charge in [0.25, 0.3) is 0 Å². The SMILES string of the molecule is CC1(C)C(N)CCN1Cc1cccnc1. The molecule has 15 heavy (non-hydrogen) atoms. The van der Waals surface area contributed by atoms with E-state index in [-0.39, 0.29) is 11.6 Å². The molecule has 3 heteroatoms. The molecule has 0 aliphatic carbocycles. The molecule has 0 saturated carbocycles. The Kier molecular flexibility index (Phi) is 2.76. The van der Waals surface area contributed by atoms with E-state index in [4.69, 9.17) is 5.73 Å². The van der Waals surface area contributed by atoms with Crippen LogP contribution in [0.25, 0.3) is 0 Å². The molecule has 0 aromatic carbocycles. The molecular weight excluding hydrogens is 186 g/mol. The third-order valence-electron chi connectivity index (χ3n) is 3.53. The van der Waals surface area contributed by atoms with E-state index in [0.717, 1.165) is 19.5 Å². The molecule has 0 bridgehead atoms. The van der Waals surface area contributed by atoms with Crippen molar-refractivity contribution in [1.29, 1.82) is 0 Å². The van der Waals surface area contributed by atoms with E-state index in [0.29, 0.717) is 0 Å². The normalized spacial score (nSPS) is 25.7. The van der Waals surface area contributed by atoms with Gasteiger partial charge in [-0.15, -0.1) is 0 Å². The minimum atomic E-state index is 0.107. The number of nitrogens with zero attached hydrogens (tertiary/aromatic N) is 2. The van der Waals surface area contributed by atoms with Gasteiger partial charge < -0.3 is 5.73 Å². The van der Waals surface area contributed by atoms with Crippen molar-refractivity contribution in [3.05, 3.63) is 30.1 Å². The van der Waals surface area contributed by atoms with Gasteiger partial charge in [0.15, 0.2) is 0 Å². The smallest absolute Gasteiger partial charge is 0.0312 e. The lowest BCUT2D eigenvalue weighted by Gasteiger charge is -2.34. The summed E-state index contributed by atoms with van der Waals surface area (Å²) in [5, 5.41) is 0. The van der Waals surface area contributed by atoms with Gasteiger partial charge in [-0.05, 0) is 31.9 Å². The van der Waals surface area contributed by atoms with Crippen LogP contribution in [0, 0.1) is 0 Å². The summed E-state index contributed by atoms with van der Waals surface area (Å²) in [5.74, 6) is 0. The highest BCUT2D eigenvalue weighted by molar-refractivity contribution is 5.10. The van der Waals surface area contributed by atoms with Crippen molar-refractivity contribution in [2.75, 3.05) is 6.54 Å². The molecule has 1 aromatic heterocycles. The minimum absolute atomic E-state index is 0.107. The van der Waals surface area contributed by atoms with Gasteiger partial charge in [0.1, 0.15) is 0 Å². The summed E-state index contributed by atoms with van der Waals surface area (Å²) < 4.78 is 0. The average molecular weight is 205 g/mol. The number of rotatable bonds is 2. The number of aromatic nitrogens is 1. The summed E-state index contributed by atoms with van der Waals surface area (Å²) >= 11 is 0. The maximum atomic E-state index is 6.10. The Labute approximate surface area is 91.3 Å². The Bertz CT molecular complexity index is 321. The Morgan fingerprint density at radius 3 is 2.93 bits per heavy atom. The van der Waals surface area contributed by atoms with E-state index in [1.807, 2.05) is 18.5 Å². The van der Waals surface area contributed by atoms with Gasteiger partial charge >= 0.3 is 0 Å². The largest absolute Gasteiger partial charge is 0.326 e. The van der Waals surface area contributed by atoms with E-state index in [1.54, 1.807) is 0 Å². The first-order chi connectivity index (χ1) is 7.10. The lowest BCUT2D eigenvalue weighted by Crippen LogP contribution is -2.48. The molecule has 1 aliphatic heterocycles. The van der Waals surface area contributed by atoms with Gasteiger partial charge in [0.2, 0.25) is 0 Å². The standard InChI is InChI=1S/C12H19N3/c1-12(2)11(13)5-7-15(12)9-10-4-3-6-14-8-10/h3-4,6,8,11H,5,7,9,13H2,1-2H3. The summed E-state index contributed by atoms with van der Waals surface area (Å²) in [4.78, 5) is 6.57. The molecule has 0 spiro atoms. The summed E-state index contributed by atoms with van der Waals surface area (Å²) in [6.45, 7) is 6.49. The second-order valence-corrected chi connectivity index (χ2v) is 4.83. The van der Waals surface area contributed by atoms with Crippen LogP contribution in [0.3, 0.4) is 0 Å². The Hall–Kier alpha value is -0.930. The van der Waals surface area contributed by atoms with Crippen LogP contribution in [0.15, 0.2) is 24.5 Å². The molecule has 2 heterocycles. The molecule has 82 valence electrons. The van der Waals surface area contributed by atoms with Gasteiger partial charge in [-0.3, -0.25) is 9.88 Å². The summed E-state index contributed by atoms with van der Waals surface area (Å²) in [5.41, 5.74) is 7.47. The fraction of sp³-hybridized carbons (Fsp3) is 0.583. The molecule has 0 radical (unpaired) electrons. The van der Waals surface area contributed by atoms with Gasteiger partial charge in [-0.25, -0.2) is 0 Å². The van der Waals surface area contributed by atoms with Crippen molar-refractivity contribution in [3.8, 4) is 0 Å². The zero-order valence-electron chi connectivity index (χ0n) is 9.48. The lowest BCUT2D eigenvalue weighted by atomic mass is 9.96. The van der Waals surface area contributed by atoms with E-state index in [1.165, 1.54) is 5.56 Å². The van der Waals surface area contributed by atoms with Crippen LogP contribution < -0.4 is 5.73 Å². The quantitative estimate of drug-likeness (QED) is 0.793. The van der Waals surface area contributed by atoms with E-state index in [2.05, 4.69) is 29.8 Å². The van der Waals surface area contributed by atoms with Crippen molar-refractivity contribution < 1.29 is 0 Å². The fourth-order valence-corrected chi connectivity index (χ4v) is 2.17. The lowest BCUT2D eigenvalue weighted by molar-refractivity contribution is 0.154. The summed E-state index contributed by atoms with van der Waals surface area (Å²) in [6.07, 6.45) is 4.83. The molecular formula is C12H19N3. The zero-order chi connectivity index (χ0) is 10.9. The topological polar surface area (TPSA) is 42.1 Å². The maximum Gasteiger partial charge on any atom is 0.0312 e. The first kappa shape index (κ1) is 10.6. The van der Waals surface area contributed by atoms with Crippen LogP contribution in [0.2, 0.25) is 0 Å². The highest BCUT2D eigenvalue weighted by atomic mass is 15.2. The van der Waals surface area contributed by atoms with E-state index < -0.39 is 0 Å². The first-order valence-corrected chi connectivity index (χ1v) is 5.50. The van der Waals surface area contributed by atoms with Gasteiger partial charge in [0, 0.05) is 37.1 Å². The predicted molar refractivity (Wildman–Crippen MR) is 61.3 cm³/mol. The number of likely N-dealkylation sites (tertiary alicyclic amines) is 1. The molecule has 1 aliphatic rings. The molecule has 3 nitrogen and oxygen atoms in total. The van der Waals surface area contributed by atoms with Crippen molar-refractivity contribution in [2.45, 2.75) is 38.4 Å². The van der Waals surface area contributed by atoms with Crippen molar-refractivity contribution in [2.24, 2.45) is 5.73 Å². The van der Waals surface area contributed by atoms with E-state index in [9.17, 15) is 0 Å². The second-order valence-electron chi connectivity index (χ2n) is 4.83. The van der Waals surface area contributed by atoms with E-state index >= 15 is 0 Å². The fourth-order valence-electron chi connectivity index (χ4n) is 2.17. The molecule has 1 atom stereocenters. The van der Waals surface area contributed by atoms with Gasteiger partial charge in [-0.2, -0.15) is 0 Å². The number of pyridine rings is 1. The Balaban J connectivity index is 2.08. The van der Waals surface area contributed by atoms with Crippen molar-refractivity contribution >= 4 is 0 Å². The van der Waals surface area contributed by atoms with Crippen LogP contribution >= 0.6 is 0 Å². The van der Waals surface area contributed by atoms with Gasteiger partial charge in [-0.1, -0.05) is 6.07 Å². The van der Waals surface area contributed by atoms with Crippen LogP contribution in [-0.4, -0.2) is 28.0 Å². The minimum Gasteiger partial charge on any atom is -0.326 e. The molecule has 1 aromatic rings. The molecule has 1 fully saturated rings. The van der Waals surface area contributed by atoms with Crippen LogP contribution in [-0.2, 0) is 6.54 Å². The Morgan fingerprint density at radius 2 is 2.40 bits per heavy atom. The molecule has 2 N–H and O–H groups in total. The van der Waals surface area contributed by atoms with Crippen molar-refractivity contribution in [1.82, 2.24) is 9.88 Å². The maximum absolute atomic E-state index is 6.10. The van der Waals surface area contributed by atoms with Crippen LogP contribution in [0.5, 0.6) is 0 Å². The summed E-state index contributed by atoms with van der Waals surface area (Å²) in [6, 6.07) is 4.39. The second kappa shape index (κ2) is 3.91. The highest BCUT2D eigenvalue weighted by Crippen LogP contribution is 2.28. The third kappa shape index (κ3) is 2.03. The number of hydrogen-bond acceptors (Lipinski definition) is 3. The molecule has 1 saturated heterocycles. The first-order valence-electron chi connectivity index (χ1n) is 5.50.